The van der Waals surface area contributed by atoms with E-state index in [2.05, 4.69) is 59.5 Å². The van der Waals surface area contributed by atoms with E-state index in [9.17, 15) is 4.79 Å². The predicted octanol–water partition coefficient (Wildman–Crippen LogP) is 3.75. The fourth-order valence-electron chi connectivity index (χ4n) is 3.28. The molecule has 3 rings (SSSR count). The molecule has 0 aliphatic carbocycles. The van der Waals surface area contributed by atoms with Crippen LogP contribution in [0.25, 0.3) is 0 Å². The van der Waals surface area contributed by atoms with Crippen molar-refractivity contribution in [3.8, 4) is 0 Å². The van der Waals surface area contributed by atoms with Crippen LogP contribution in [-0.4, -0.2) is 30.6 Å². The maximum absolute atomic E-state index is 11.4. The van der Waals surface area contributed by atoms with Gasteiger partial charge in [-0.1, -0.05) is 60.7 Å². The van der Waals surface area contributed by atoms with Gasteiger partial charge in [0.25, 0.3) is 0 Å². The van der Waals surface area contributed by atoms with Crippen molar-refractivity contribution in [3.63, 3.8) is 0 Å². The highest BCUT2D eigenvalue weighted by Crippen LogP contribution is 2.33. The van der Waals surface area contributed by atoms with Gasteiger partial charge in [-0.25, -0.2) is 4.79 Å². The van der Waals surface area contributed by atoms with Crippen molar-refractivity contribution in [1.82, 2.24) is 4.90 Å². The number of ether oxygens (including phenoxy) is 1. The Morgan fingerprint density at radius 3 is 2.71 bits per heavy atom. The Morgan fingerprint density at radius 2 is 1.92 bits per heavy atom. The smallest absolute Gasteiger partial charge is 0.330 e. The Morgan fingerprint density at radius 1 is 1.17 bits per heavy atom. The van der Waals surface area contributed by atoms with Crippen LogP contribution in [0.3, 0.4) is 0 Å². The first-order valence-corrected chi connectivity index (χ1v) is 8.46. The van der Waals surface area contributed by atoms with Gasteiger partial charge in [-0.3, -0.25) is 4.90 Å². The number of esters is 1. The molecule has 0 bridgehead atoms. The lowest BCUT2D eigenvalue weighted by Gasteiger charge is -2.34. The van der Waals surface area contributed by atoms with Crippen molar-refractivity contribution in [2.45, 2.75) is 19.4 Å². The maximum atomic E-state index is 11.4. The van der Waals surface area contributed by atoms with Gasteiger partial charge in [-0.15, -0.1) is 0 Å². The normalized spacial score (nSPS) is 17.6. The molecule has 124 valence electrons. The van der Waals surface area contributed by atoms with Crippen LogP contribution in [0, 0.1) is 0 Å². The van der Waals surface area contributed by atoms with E-state index < -0.39 is 0 Å². The third kappa shape index (κ3) is 3.92. The van der Waals surface area contributed by atoms with Crippen LogP contribution in [0.2, 0.25) is 0 Å². The van der Waals surface area contributed by atoms with Crippen LogP contribution in [-0.2, 0) is 16.1 Å². The van der Waals surface area contributed by atoms with Gasteiger partial charge in [0, 0.05) is 31.6 Å². The highest BCUT2D eigenvalue weighted by atomic mass is 16.5. The van der Waals surface area contributed by atoms with E-state index in [1.807, 2.05) is 13.0 Å². The van der Waals surface area contributed by atoms with Gasteiger partial charge in [-0.05, 0) is 23.6 Å². The zero-order valence-electron chi connectivity index (χ0n) is 14.0. The minimum Gasteiger partial charge on any atom is -0.463 e. The lowest BCUT2D eigenvalue weighted by Crippen LogP contribution is -2.34. The Balaban J connectivity index is 1.77. The number of hydrogen-bond acceptors (Lipinski definition) is 3. The fourth-order valence-corrected chi connectivity index (χ4v) is 3.28. The number of hydrogen-bond donors (Lipinski definition) is 0. The summed E-state index contributed by atoms with van der Waals surface area (Å²) in [5, 5.41) is 0. The number of nitrogens with zero attached hydrogens (tertiary/aromatic N) is 1. The van der Waals surface area contributed by atoms with E-state index in [-0.39, 0.29) is 5.97 Å². The van der Waals surface area contributed by atoms with E-state index in [0.29, 0.717) is 12.5 Å². The highest BCUT2D eigenvalue weighted by Gasteiger charge is 2.25. The van der Waals surface area contributed by atoms with E-state index in [0.717, 1.165) is 19.6 Å². The first kappa shape index (κ1) is 16.5. The number of carbonyl (C=O) groups is 1. The molecule has 1 heterocycles. The van der Waals surface area contributed by atoms with Crippen LogP contribution >= 0.6 is 0 Å². The Hall–Kier alpha value is -2.39. The quantitative estimate of drug-likeness (QED) is 0.620. The topological polar surface area (TPSA) is 29.5 Å². The summed E-state index contributed by atoms with van der Waals surface area (Å²) >= 11 is 0. The summed E-state index contributed by atoms with van der Waals surface area (Å²) in [5.74, 6) is 0.0988. The van der Waals surface area contributed by atoms with Crippen LogP contribution in [0.4, 0.5) is 0 Å². The third-order valence-corrected chi connectivity index (χ3v) is 4.37. The molecule has 1 atom stereocenters. The van der Waals surface area contributed by atoms with Gasteiger partial charge >= 0.3 is 5.97 Å². The van der Waals surface area contributed by atoms with Gasteiger partial charge in [0.1, 0.15) is 0 Å². The Bertz CT molecular complexity index is 709. The average molecular weight is 321 g/mol. The summed E-state index contributed by atoms with van der Waals surface area (Å²) in [5.41, 5.74) is 4.11. The number of rotatable bonds is 5. The van der Waals surface area contributed by atoms with Crippen LogP contribution in [0.5, 0.6) is 0 Å². The second-order valence-electron chi connectivity index (χ2n) is 6.01. The molecule has 0 saturated carbocycles. The molecule has 2 aromatic rings. The van der Waals surface area contributed by atoms with Crippen molar-refractivity contribution in [3.05, 3.63) is 83.4 Å². The molecular formula is C21H23NO2. The molecule has 0 amide bonds. The fraction of sp³-hybridized carbons (Fsp3) is 0.286. The van der Waals surface area contributed by atoms with Crippen LogP contribution < -0.4 is 0 Å². The molecule has 0 radical (unpaired) electrons. The molecule has 1 aliphatic rings. The first-order chi connectivity index (χ1) is 11.8. The van der Waals surface area contributed by atoms with E-state index >= 15 is 0 Å². The van der Waals surface area contributed by atoms with E-state index in [4.69, 9.17) is 4.74 Å². The summed E-state index contributed by atoms with van der Waals surface area (Å²) in [4.78, 5) is 13.8. The lowest BCUT2D eigenvalue weighted by molar-refractivity contribution is -0.137. The van der Waals surface area contributed by atoms with Crippen LogP contribution in [0.15, 0.2) is 66.7 Å². The average Bonchev–Trinajstić information content (AvgIpc) is 2.62. The van der Waals surface area contributed by atoms with Crippen molar-refractivity contribution >= 4 is 5.97 Å². The van der Waals surface area contributed by atoms with Crippen LogP contribution in [0.1, 0.15) is 29.5 Å². The van der Waals surface area contributed by atoms with Crippen molar-refractivity contribution < 1.29 is 9.53 Å². The van der Waals surface area contributed by atoms with E-state index in [1.54, 1.807) is 0 Å². The zero-order valence-corrected chi connectivity index (χ0v) is 14.0. The Kier molecular flexibility index (Phi) is 5.44. The standard InChI is InChI=1S/C21H23NO2/c1-2-24-21(23)13-8-14-22-15-18-11-6-7-12-19(18)20(16-22)17-9-4-3-5-10-17/h3-13,20H,2,14-16H2,1H3/b13-8+/t20-/m1/s1. The molecular weight excluding hydrogens is 298 g/mol. The molecule has 0 N–H and O–H groups in total. The minimum atomic E-state index is -0.269. The molecule has 0 saturated heterocycles. The van der Waals surface area contributed by atoms with Crippen molar-refractivity contribution in [2.75, 3.05) is 19.7 Å². The van der Waals surface area contributed by atoms with Gasteiger partial charge in [0.2, 0.25) is 0 Å². The highest BCUT2D eigenvalue weighted by molar-refractivity contribution is 5.81. The monoisotopic (exact) mass is 321 g/mol. The first-order valence-electron chi connectivity index (χ1n) is 8.46. The molecule has 2 aromatic carbocycles. The van der Waals surface area contributed by atoms with E-state index in [1.165, 1.54) is 22.8 Å². The second-order valence-corrected chi connectivity index (χ2v) is 6.01. The minimum absolute atomic E-state index is 0.269. The molecule has 0 spiro atoms. The zero-order chi connectivity index (χ0) is 16.8. The molecule has 1 aliphatic heterocycles. The maximum Gasteiger partial charge on any atom is 0.330 e. The lowest BCUT2D eigenvalue weighted by atomic mass is 9.85. The summed E-state index contributed by atoms with van der Waals surface area (Å²) in [7, 11) is 0. The SMILES string of the molecule is CCOC(=O)/C=C/CN1Cc2ccccc2[C@@H](c2ccccc2)C1. The number of benzene rings is 2. The second kappa shape index (κ2) is 7.93. The summed E-state index contributed by atoms with van der Waals surface area (Å²) in [6, 6.07) is 19.3. The van der Waals surface area contributed by atoms with Gasteiger partial charge in [0.05, 0.1) is 6.61 Å². The molecule has 0 aromatic heterocycles. The van der Waals surface area contributed by atoms with Gasteiger partial charge in [0.15, 0.2) is 0 Å². The summed E-state index contributed by atoms with van der Waals surface area (Å²) in [6.07, 6.45) is 3.43. The van der Waals surface area contributed by atoms with Gasteiger partial charge in [-0.2, -0.15) is 0 Å². The summed E-state index contributed by atoms with van der Waals surface area (Å²) < 4.78 is 4.93. The predicted molar refractivity (Wildman–Crippen MR) is 95.8 cm³/mol. The summed E-state index contributed by atoms with van der Waals surface area (Å²) in [6.45, 7) is 4.84. The third-order valence-electron chi connectivity index (χ3n) is 4.37. The molecule has 0 unspecified atom stereocenters. The van der Waals surface area contributed by atoms with Crippen molar-refractivity contribution in [1.29, 1.82) is 0 Å². The van der Waals surface area contributed by atoms with Gasteiger partial charge < -0.3 is 4.74 Å². The molecule has 3 heteroatoms. The van der Waals surface area contributed by atoms with Crippen molar-refractivity contribution in [2.24, 2.45) is 0 Å². The molecule has 24 heavy (non-hydrogen) atoms. The number of fused-ring (bicyclic) bond motifs is 1. The number of carbonyl (C=O) groups excluding carboxylic acids is 1. The largest absolute Gasteiger partial charge is 0.463 e. The Labute approximate surface area is 143 Å². The molecule has 0 fully saturated rings. The molecule has 3 nitrogen and oxygen atoms in total.